The molecule has 0 heterocycles. The molecule has 0 aliphatic carbocycles. The van der Waals surface area contributed by atoms with Crippen LogP contribution in [0.2, 0.25) is 10.0 Å². The van der Waals surface area contributed by atoms with Crippen LogP contribution in [0.4, 0.5) is 13.2 Å². The van der Waals surface area contributed by atoms with E-state index in [0.29, 0.717) is 15.8 Å². The summed E-state index contributed by atoms with van der Waals surface area (Å²) in [6, 6.07) is 4.63. The van der Waals surface area contributed by atoms with Crippen LogP contribution in [-0.4, -0.2) is 18.2 Å². The minimum Gasteiger partial charge on any atom is -0.492 e. The van der Waals surface area contributed by atoms with Crippen LogP contribution >= 0.6 is 34.8 Å². The van der Waals surface area contributed by atoms with E-state index in [4.69, 9.17) is 39.5 Å². The van der Waals surface area contributed by atoms with Gasteiger partial charge in [-0.25, -0.2) is 0 Å². The highest BCUT2D eigenvalue weighted by molar-refractivity contribution is 6.35. The molecule has 1 aromatic carbocycles. The highest BCUT2D eigenvalue weighted by Gasteiger charge is 2.30. The molecular formula is C11H10Cl3F3O. The van der Waals surface area contributed by atoms with Crippen molar-refractivity contribution in [3.8, 4) is 5.75 Å². The smallest absolute Gasteiger partial charge is 0.390 e. The van der Waals surface area contributed by atoms with Crippen molar-refractivity contribution in [2.24, 2.45) is 0 Å². The Kier molecular flexibility index (Phi) is 5.89. The number of ether oxygens (including phenoxy) is 1. The van der Waals surface area contributed by atoms with Crippen molar-refractivity contribution < 1.29 is 17.9 Å². The minimum atomic E-state index is -4.26. The van der Waals surface area contributed by atoms with Gasteiger partial charge in [0.25, 0.3) is 0 Å². The molecule has 0 aliphatic rings. The van der Waals surface area contributed by atoms with Crippen molar-refractivity contribution in [1.82, 2.24) is 0 Å². The lowest BCUT2D eigenvalue weighted by Gasteiger charge is -2.13. The molecule has 1 atom stereocenters. The summed E-state index contributed by atoms with van der Waals surface area (Å²) in [5, 5.41) is -0.236. The summed E-state index contributed by atoms with van der Waals surface area (Å²) < 4.78 is 41.2. The number of rotatable bonds is 5. The molecule has 0 aliphatic heterocycles. The highest BCUT2D eigenvalue weighted by atomic mass is 35.5. The zero-order valence-corrected chi connectivity index (χ0v) is 11.4. The van der Waals surface area contributed by atoms with E-state index in [-0.39, 0.29) is 13.0 Å². The molecule has 0 aromatic heterocycles. The standard InChI is InChI=1S/C11H10Cl3F3O/c12-7-1-2-10(9(14)5-7)18-4-3-8(13)6-11(15,16)17/h1-2,5,8H,3-4,6H2. The fraction of sp³-hybridized carbons (Fsp3) is 0.455. The average molecular weight is 322 g/mol. The van der Waals surface area contributed by atoms with Gasteiger partial charge in [-0.2, -0.15) is 13.2 Å². The summed E-state index contributed by atoms with van der Waals surface area (Å²) in [5.74, 6) is 0.372. The summed E-state index contributed by atoms with van der Waals surface area (Å²) in [6.07, 6.45) is -5.21. The van der Waals surface area contributed by atoms with Gasteiger partial charge in [0.05, 0.1) is 18.1 Å². The Labute approximate surface area is 118 Å². The first kappa shape index (κ1) is 15.7. The van der Waals surface area contributed by atoms with Crippen LogP contribution in [0.1, 0.15) is 12.8 Å². The molecular weight excluding hydrogens is 311 g/mol. The monoisotopic (exact) mass is 320 g/mol. The highest BCUT2D eigenvalue weighted by Crippen LogP contribution is 2.29. The lowest BCUT2D eigenvalue weighted by atomic mass is 10.2. The second kappa shape index (κ2) is 6.73. The van der Waals surface area contributed by atoms with Crippen molar-refractivity contribution in [3.63, 3.8) is 0 Å². The van der Waals surface area contributed by atoms with Gasteiger partial charge in [0.15, 0.2) is 0 Å². The maximum atomic E-state index is 12.0. The second-order valence-corrected chi connectivity index (χ2v) is 5.09. The molecule has 1 rings (SSSR count). The molecule has 1 aromatic rings. The molecule has 1 nitrogen and oxygen atoms in total. The maximum absolute atomic E-state index is 12.0. The van der Waals surface area contributed by atoms with Crippen molar-refractivity contribution >= 4 is 34.8 Å². The Morgan fingerprint density at radius 1 is 1.22 bits per heavy atom. The number of alkyl halides is 4. The van der Waals surface area contributed by atoms with Crippen molar-refractivity contribution in [2.75, 3.05) is 6.61 Å². The Hall–Kier alpha value is -0.320. The molecule has 0 saturated heterocycles. The van der Waals surface area contributed by atoms with Crippen LogP contribution in [-0.2, 0) is 0 Å². The first-order valence-corrected chi connectivity index (χ1v) is 6.26. The fourth-order valence-corrected chi connectivity index (χ4v) is 1.97. The molecule has 7 heteroatoms. The van der Waals surface area contributed by atoms with Crippen LogP contribution < -0.4 is 4.74 Å². The Morgan fingerprint density at radius 2 is 1.89 bits per heavy atom. The van der Waals surface area contributed by atoms with Gasteiger partial charge in [0, 0.05) is 10.4 Å². The zero-order valence-electron chi connectivity index (χ0n) is 9.11. The van der Waals surface area contributed by atoms with E-state index >= 15 is 0 Å². The van der Waals surface area contributed by atoms with E-state index in [2.05, 4.69) is 0 Å². The van der Waals surface area contributed by atoms with Gasteiger partial charge in [-0.1, -0.05) is 23.2 Å². The van der Waals surface area contributed by atoms with Crippen molar-refractivity contribution in [1.29, 1.82) is 0 Å². The minimum absolute atomic E-state index is 0.0611. The van der Waals surface area contributed by atoms with E-state index in [0.717, 1.165) is 0 Å². The normalized spacial score (nSPS) is 13.4. The van der Waals surface area contributed by atoms with E-state index in [1.807, 2.05) is 0 Å². The summed E-state index contributed by atoms with van der Waals surface area (Å²) in [7, 11) is 0. The van der Waals surface area contributed by atoms with Gasteiger partial charge in [-0.05, 0) is 24.6 Å². The van der Waals surface area contributed by atoms with Crippen molar-refractivity contribution in [2.45, 2.75) is 24.4 Å². The van der Waals surface area contributed by atoms with E-state index in [1.54, 1.807) is 12.1 Å². The number of benzene rings is 1. The van der Waals surface area contributed by atoms with Crippen LogP contribution in [0, 0.1) is 0 Å². The molecule has 0 amide bonds. The molecule has 18 heavy (non-hydrogen) atoms. The molecule has 0 N–H and O–H groups in total. The number of hydrogen-bond acceptors (Lipinski definition) is 1. The summed E-state index contributed by atoms with van der Waals surface area (Å²) >= 11 is 17.1. The SMILES string of the molecule is FC(F)(F)CC(Cl)CCOc1ccc(Cl)cc1Cl. The molecule has 0 fully saturated rings. The molecule has 102 valence electrons. The van der Waals surface area contributed by atoms with E-state index in [9.17, 15) is 13.2 Å². The molecule has 1 unspecified atom stereocenters. The molecule has 0 spiro atoms. The van der Waals surface area contributed by atoms with Crippen LogP contribution in [0.5, 0.6) is 5.75 Å². The summed E-state index contributed by atoms with van der Waals surface area (Å²) in [6.45, 7) is 0.0611. The predicted octanol–water partition coefficient (Wildman–Crippen LogP) is 5.32. The van der Waals surface area contributed by atoms with E-state index in [1.165, 1.54) is 6.07 Å². The molecule has 0 bridgehead atoms. The predicted molar refractivity (Wildman–Crippen MR) is 66.9 cm³/mol. The van der Waals surface area contributed by atoms with Gasteiger partial charge < -0.3 is 4.74 Å². The zero-order chi connectivity index (χ0) is 13.8. The third-order valence-corrected chi connectivity index (χ3v) is 2.94. The summed E-state index contributed by atoms with van der Waals surface area (Å²) in [4.78, 5) is 0. The van der Waals surface area contributed by atoms with Gasteiger partial charge in [0.1, 0.15) is 5.75 Å². The number of hydrogen-bond donors (Lipinski definition) is 0. The average Bonchev–Trinajstić information content (AvgIpc) is 2.18. The third kappa shape index (κ3) is 6.03. The largest absolute Gasteiger partial charge is 0.492 e. The quantitative estimate of drug-likeness (QED) is 0.667. The Morgan fingerprint density at radius 3 is 2.44 bits per heavy atom. The summed E-state index contributed by atoms with van der Waals surface area (Å²) in [5.41, 5.74) is 0. The first-order chi connectivity index (χ1) is 8.28. The van der Waals surface area contributed by atoms with Crippen molar-refractivity contribution in [3.05, 3.63) is 28.2 Å². The van der Waals surface area contributed by atoms with Gasteiger partial charge in [-0.15, -0.1) is 11.6 Å². The lowest BCUT2D eigenvalue weighted by molar-refractivity contribution is -0.134. The molecule has 0 radical (unpaired) electrons. The first-order valence-electron chi connectivity index (χ1n) is 5.06. The fourth-order valence-electron chi connectivity index (χ4n) is 1.24. The number of halogens is 6. The topological polar surface area (TPSA) is 9.23 Å². The Bertz CT molecular complexity index is 396. The van der Waals surface area contributed by atoms with Gasteiger partial charge >= 0.3 is 6.18 Å². The van der Waals surface area contributed by atoms with Crippen LogP contribution in [0.3, 0.4) is 0 Å². The lowest BCUT2D eigenvalue weighted by Crippen LogP contribution is -2.17. The second-order valence-electron chi connectivity index (χ2n) is 3.63. The van der Waals surface area contributed by atoms with Gasteiger partial charge in [0.2, 0.25) is 0 Å². The Balaban J connectivity index is 2.37. The van der Waals surface area contributed by atoms with Gasteiger partial charge in [-0.3, -0.25) is 0 Å². The van der Waals surface area contributed by atoms with Crippen LogP contribution in [0.15, 0.2) is 18.2 Å². The molecule has 0 saturated carbocycles. The maximum Gasteiger partial charge on any atom is 0.390 e. The van der Waals surface area contributed by atoms with E-state index < -0.39 is 18.0 Å². The van der Waals surface area contributed by atoms with Crippen LogP contribution in [0.25, 0.3) is 0 Å². The third-order valence-electron chi connectivity index (χ3n) is 2.04.